The van der Waals surface area contributed by atoms with E-state index in [1.54, 1.807) is 0 Å². The molecule has 0 saturated heterocycles. The first kappa shape index (κ1) is 19.9. The van der Waals surface area contributed by atoms with Crippen LogP contribution >= 0.6 is 0 Å². The van der Waals surface area contributed by atoms with E-state index in [-0.39, 0.29) is 18.0 Å². The first-order valence-electron chi connectivity index (χ1n) is 10.2. The molecule has 0 N–H and O–H groups in total. The van der Waals surface area contributed by atoms with Crippen LogP contribution in [0.25, 0.3) is 0 Å². The normalized spacial score (nSPS) is 20.4. The molecular weight excluding hydrogens is 308 g/mol. The lowest BCUT2D eigenvalue weighted by molar-refractivity contribution is -0.116. The van der Waals surface area contributed by atoms with Crippen LogP contribution in [0, 0.1) is 5.92 Å². The Bertz CT molecular complexity index is 536. The molecule has 0 spiro atoms. The molecule has 0 bridgehead atoms. The van der Waals surface area contributed by atoms with Gasteiger partial charge in [-0.05, 0) is 50.0 Å². The summed E-state index contributed by atoms with van der Waals surface area (Å²) in [7, 11) is 0. The van der Waals surface area contributed by atoms with Gasteiger partial charge in [0.05, 0.1) is 6.42 Å². The molecule has 1 aliphatic carbocycles. The standard InChI is InChI=1S/C23H34O2/c1-3-4-5-6-7-8-19-9-11-20(12-10-19)21-13-15-22(16-14-21)23(25)17-18(2)24/h13-16,19-20H,3-12,17H2,1-2H3. The molecule has 1 saturated carbocycles. The van der Waals surface area contributed by atoms with Crippen molar-refractivity contribution in [3.05, 3.63) is 35.4 Å². The van der Waals surface area contributed by atoms with Crippen molar-refractivity contribution < 1.29 is 9.59 Å². The highest BCUT2D eigenvalue weighted by molar-refractivity contribution is 6.07. The number of carbonyl (C=O) groups is 2. The highest BCUT2D eigenvalue weighted by Crippen LogP contribution is 2.37. The van der Waals surface area contributed by atoms with Crippen molar-refractivity contribution in [1.82, 2.24) is 0 Å². The van der Waals surface area contributed by atoms with Gasteiger partial charge >= 0.3 is 0 Å². The maximum Gasteiger partial charge on any atom is 0.170 e. The second-order valence-corrected chi connectivity index (χ2v) is 7.84. The summed E-state index contributed by atoms with van der Waals surface area (Å²) in [4.78, 5) is 23.0. The first-order valence-corrected chi connectivity index (χ1v) is 10.2. The number of Topliss-reactive ketones (excluding diaryl/α,β-unsaturated/α-hetero) is 2. The Morgan fingerprint density at radius 3 is 2.16 bits per heavy atom. The zero-order valence-corrected chi connectivity index (χ0v) is 16.1. The summed E-state index contributed by atoms with van der Waals surface area (Å²) in [5.41, 5.74) is 2.03. The molecule has 2 heteroatoms. The molecule has 1 aliphatic rings. The van der Waals surface area contributed by atoms with Crippen LogP contribution < -0.4 is 0 Å². The van der Waals surface area contributed by atoms with Crippen LogP contribution in [0.2, 0.25) is 0 Å². The molecular formula is C23H34O2. The summed E-state index contributed by atoms with van der Waals surface area (Å²) >= 11 is 0. The second kappa shape index (κ2) is 10.5. The topological polar surface area (TPSA) is 34.1 Å². The van der Waals surface area contributed by atoms with Crippen LogP contribution in [0.4, 0.5) is 0 Å². The van der Waals surface area contributed by atoms with Gasteiger partial charge in [-0.1, -0.05) is 69.7 Å². The molecule has 1 aromatic rings. The summed E-state index contributed by atoms with van der Waals surface area (Å²) in [6, 6.07) is 8.01. The molecule has 2 nitrogen and oxygen atoms in total. The molecule has 25 heavy (non-hydrogen) atoms. The summed E-state index contributed by atoms with van der Waals surface area (Å²) in [6.45, 7) is 3.74. The number of benzene rings is 1. The van der Waals surface area contributed by atoms with Crippen molar-refractivity contribution in [2.45, 2.75) is 90.4 Å². The molecule has 0 atom stereocenters. The van der Waals surface area contributed by atoms with Crippen LogP contribution in [-0.4, -0.2) is 11.6 Å². The Hall–Kier alpha value is -1.44. The van der Waals surface area contributed by atoms with E-state index in [0.29, 0.717) is 11.5 Å². The second-order valence-electron chi connectivity index (χ2n) is 7.84. The van der Waals surface area contributed by atoms with Gasteiger partial charge in [-0.2, -0.15) is 0 Å². The van der Waals surface area contributed by atoms with E-state index in [1.165, 1.54) is 76.7 Å². The lowest BCUT2D eigenvalue weighted by Crippen LogP contribution is -2.13. The molecule has 1 aromatic carbocycles. The zero-order valence-electron chi connectivity index (χ0n) is 16.1. The van der Waals surface area contributed by atoms with Crippen molar-refractivity contribution in [3.63, 3.8) is 0 Å². The molecule has 1 fully saturated rings. The Balaban J connectivity index is 1.75. The van der Waals surface area contributed by atoms with Gasteiger partial charge in [-0.15, -0.1) is 0 Å². The van der Waals surface area contributed by atoms with Gasteiger partial charge in [-0.25, -0.2) is 0 Å². The molecule has 0 aliphatic heterocycles. The van der Waals surface area contributed by atoms with Gasteiger partial charge in [0.2, 0.25) is 0 Å². The van der Waals surface area contributed by atoms with Crippen molar-refractivity contribution >= 4 is 11.6 Å². The van der Waals surface area contributed by atoms with Gasteiger partial charge in [0, 0.05) is 5.56 Å². The molecule has 0 amide bonds. The fraction of sp³-hybridized carbons (Fsp3) is 0.652. The summed E-state index contributed by atoms with van der Waals surface area (Å²) in [5, 5.41) is 0. The highest BCUT2D eigenvalue weighted by Gasteiger charge is 2.22. The minimum atomic E-state index is -0.0675. The van der Waals surface area contributed by atoms with Gasteiger partial charge in [0.1, 0.15) is 5.78 Å². The minimum absolute atomic E-state index is 0.0166. The molecule has 0 radical (unpaired) electrons. The van der Waals surface area contributed by atoms with E-state index in [1.807, 2.05) is 12.1 Å². The van der Waals surface area contributed by atoms with E-state index >= 15 is 0 Å². The number of hydrogen-bond donors (Lipinski definition) is 0. The molecule has 0 heterocycles. The fourth-order valence-electron chi connectivity index (χ4n) is 4.09. The zero-order chi connectivity index (χ0) is 18.1. The third kappa shape index (κ3) is 6.76. The Labute approximate surface area is 153 Å². The lowest BCUT2D eigenvalue weighted by atomic mass is 9.77. The lowest BCUT2D eigenvalue weighted by Gasteiger charge is -2.29. The highest BCUT2D eigenvalue weighted by atomic mass is 16.1. The number of unbranched alkanes of at least 4 members (excludes halogenated alkanes) is 4. The maximum atomic E-state index is 11.9. The van der Waals surface area contributed by atoms with Crippen LogP contribution in [0.3, 0.4) is 0 Å². The molecule has 0 aromatic heterocycles. The van der Waals surface area contributed by atoms with E-state index in [2.05, 4.69) is 19.1 Å². The quantitative estimate of drug-likeness (QED) is 0.277. The number of carbonyl (C=O) groups excluding carboxylic acids is 2. The van der Waals surface area contributed by atoms with E-state index in [9.17, 15) is 9.59 Å². The van der Waals surface area contributed by atoms with E-state index in [4.69, 9.17) is 0 Å². The molecule has 2 rings (SSSR count). The SMILES string of the molecule is CCCCCCCC1CCC(c2ccc(C(=O)CC(C)=O)cc2)CC1. The third-order valence-corrected chi connectivity index (χ3v) is 5.68. The maximum absolute atomic E-state index is 11.9. The van der Waals surface area contributed by atoms with Crippen molar-refractivity contribution in [3.8, 4) is 0 Å². The van der Waals surface area contributed by atoms with Gasteiger partial charge < -0.3 is 0 Å². The summed E-state index contributed by atoms with van der Waals surface area (Å²) < 4.78 is 0. The van der Waals surface area contributed by atoms with Gasteiger partial charge in [-0.3, -0.25) is 9.59 Å². The van der Waals surface area contributed by atoms with Crippen molar-refractivity contribution in [2.24, 2.45) is 5.92 Å². The Morgan fingerprint density at radius 1 is 0.920 bits per heavy atom. The predicted octanol–water partition coefficient (Wildman–Crippen LogP) is 6.48. The Kier molecular flexibility index (Phi) is 8.37. The first-order chi connectivity index (χ1) is 12.1. The third-order valence-electron chi connectivity index (χ3n) is 5.68. The van der Waals surface area contributed by atoms with E-state index in [0.717, 1.165) is 5.92 Å². The summed E-state index contributed by atoms with van der Waals surface area (Å²) in [6.07, 6.45) is 13.6. The van der Waals surface area contributed by atoms with Crippen LogP contribution in [0.5, 0.6) is 0 Å². The Morgan fingerprint density at radius 2 is 1.56 bits per heavy atom. The number of ketones is 2. The monoisotopic (exact) mass is 342 g/mol. The number of hydrogen-bond acceptors (Lipinski definition) is 2. The van der Waals surface area contributed by atoms with Crippen molar-refractivity contribution in [1.29, 1.82) is 0 Å². The average molecular weight is 343 g/mol. The molecule has 0 unspecified atom stereocenters. The van der Waals surface area contributed by atoms with Crippen molar-refractivity contribution in [2.75, 3.05) is 0 Å². The van der Waals surface area contributed by atoms with Gasteiger partial charge in [0.15, 0.2) is 5.78 Å². The van der Waals surface area contributed by atoms with Crippen LogP contribution in [-0.2, 0) is 4.79 Å². The average Bonchev–Trinajstić information content (AvgIpc) is 2.62. The van der Waals surface area contributed by atoms with Gasteiger partial charge in [0.25, 0.3) is 0 Å². The van der Waals surface area contributed by atoms with E-state index < -0.39 is 0 Å². The largest absolute Gasteiger partial charge is 0.300 e. The number of rotatable bonds is 10. The summed E-state index contributed by atoms with van der Waals surface area (Å²) in [5.74, 6) is 1.44. The smallest absolute Gasteiger partial charge is 0.170 e. The minimum Gasteiger partial charge on any atom is -0.300 e. The van der Waals surface area contributed by atoms with Crippen LogP contribution in [0.15, 0.2) is 24.3 Å². The fourth-order valence-corrected chi connectivity index (χ4v) is 4.09. The van der Waals surface area contributed by atoms with Crippen LogP contribution in [0.1, 0.15) is 106 Å². The predicted molar refractivity (Wildman–Crippen MR) is 104 cm³/mol. The molecule has 138 valence electrons.